The van der Waals surface area contributed by atoms with Crippen LogP contribution in [0.5, 0.6) is 11.5 Å². The van der Waals surface area contributed by atoms with Crippen LogP contribution in [0.1, 0.15) is 17.3 Å². The van der Waals surface area contributed by atoms with E-state index >= 15 is 0 Å². The smallest absolute Gasteiger partial charge is 0.339 e. The number of benzene rings is 2. The number of hydrogen-bond acceptors (Lipinski definition) is 7. The van der Waals surface area contributed by atoms with Crippen molar-refractivity contribution in [1.29, 1.82) is 0 Å². The predicted molar refractivity (Wildman–Crippen MR) is 116 cm³/mol. The molecule has 0 bridgehead atoms. The number of fused-ring (bicyclic) bond motifs is 1. The molecule has 1 N–H and O–H groups in total. The highest BCUT2D eigenvalue weighted by Gasteiger charge is 2.24. The number of carbonyl (C=O) groups excluding carboxylic acids is 2. The van der Waals surface area contributed by atoms with Crippen molar-refractivity contribution >= 4 is 44.9 Å². The van der Waals surface area contributed by atoms with Gasteiger partial charge in [0.05, 0.1) is 29.1 Å². The Morgan fingerprint density at radius 2 is 1.84 bits per heavy atom. The molecule has 166 valence electrons. The number of nitrogens with one attached hydrogen (secondary N) is 1. The largest absolute Gasteiger partial charge is 0.486 e. The van der Waals surface area contributed by atoms with E-state index in [1.54, 1.807) is 13.0 Å². The van der Waals surface area contributed by atoms with Gasteiger partial charge in [0, 0.05) is 11.8 Å². The van der Waals surface area contributed by atoms with Crippen molar-refractivity contribution in [2.45, 2.75) is 6.92 Å². The van der Waals surface area contributed by atoms with Crippen molar-refractivity contribution in [3.63, 3.8) is 0 Å². The average molecular weight is 469 g/mol. The molecule has 0 unspecified atom stereocenters. The average Bonchev–Trinajstić information content (AvgIpc) is 2.72. The van der Waals surface area contributed by atoms with E-state index in [2.05, 4.69) is 5.32 Å². The molecule has 0 atom stereocenters. The molecule has 0 saturated heterocycles. The number of ether oxygens (including phenoxy) is 3. The van der Waals surface area contributed by atoms with E-state index in [0.29, 0.717) is 24.7 Å². The molecule has 0 saturated carbocycles. The van der Waals surface area contributed by atoms with Gasteiger partial charge in [0.2, 0.25) is 15.9 Å². The molecule has 0 fully saturated rings. The Bertz CT molecular complexity index is 1100. The zero-order valence-electron chi connectivity index (χ0n) is 16.9. The van der Waals surface area contributed by atoms with E-state index in [1.807, 2.05) is 0 Å². The summed E-state index contributed by atoms with van der Waals surface area (Å²) in [6.45, 7) is 2.09. The predicted octanol–water partition coefficient (Wildman–Crippen LogP) is 2.69. The van der Waals surface area contributed by atoms with Crippen LogP contribution in [0.15, 0.2) is 36.4 Å². The Kier molecular flexibility index (Phi) is 6.91. The van der Waals surface area contributed by atoms with Gasteiger partial charge in [0.15, 0.2) is 11.5 Å². The number of nitrogens with zero attached hydrogens (tertiary/aromatic N) is 1. The molecule has 31 heavy (non-hydrogen) atoms. The van der Waals surface area contributed by atoms with Crippen LogP contribution in [-0.4, -0.2) is 52.9 Å². The Morgan fingerprint density at radius 3 is 2.52 bits per heavy atom. The highest BCUT2D eigenvalue weighted by molar-refractivity contribution is 7.92. The lowest BCUT2D eigenvalue weighted by Gasteiger charge is -2.24. The first-order chi connectivity index (χ1) is 14.7. The van der Waals surface area contributed by atoms with Crippen LogP contribution in [0.2, 0.25) is 5.02 Å². The number of amides is 1. The first-order valence-corrected chi connectivity index (χ1v) is 11.6. The van der Waals surface area contributed by atoms with Crippen LogP contribution < -0.4 is 19.1 Å². The molecule has 1 aliphatic heterocycles. The van der Waals surface area contributed by atoms with Gasteiger partial charge in [0.1, 0.15) is 19.8 Å². The maximum atomic E-state index is 12.6. The molecule has 9 nitrogen and oxygen atoms in total. The Hall–Kier alpha value is -2.98. The SMILES string of the molecule is CCOC(=O)c1cc(NC(=O)CN(c2ccc3c(c2)OCCO3)S(C)(=O)=O)ccc1Cl. The second-order valence-electron chi connectivity index (χ2n) is 6.56. The van der Waals surface area contributed by atoms with Gasteiger partial charge in [-0.1, -0.05) is 11.6 Å². The molecular formula is C20H21ClN2O7S. The lowest BCUT2D eigenvalue weighted by molar-refractivity contribution is -0.114. The van der Waals surface area contributed by atoms with E-state index in [1.165, 1.54) is 30.3 Å². The van der Waals surface area contributed by atoms with E-state index in [9.17, 15) is 18.0 Å². The highest BCUT2D eigenvalue weighted by atomic mass is 35.5. The summed E-state index contributed by atoms with van der Waals surface area (Å²) in [6, 6.07) is 8.93. The number of sulfonamides is 1. The minimum atomic E-state index is -3.79. The number of esters is 1. The summed E-state index contributed by atoms with van der Waals surface area (Å²) in [5.74, 6) is -0.342. The molecule has 2 aromatic rings. The van der Waals surface area contributed by atoms with E-state index in [-0.39, 0.29) is 28.6 Å². The molecule has 0 radical (unpaired) electrons. The fourth-order valence-electron chi connectivity index (χ4n) is 2.89. The van der Waals surface area contributed by atoms with Crippen molar-refractivity contribution < 1.29 is 32.2 Å². The number of hydrogen-bond donors (Lipinski definition) is 1. The third kappa shape index (κ3) is 5.59. The van der Waals surface area contributed by atoms with Crippen molar-refractivity contribution in [1.82, 2.24) is 0 Å². The van der Waals surface area contributed by atoms with Gasteiger partial charge in [0.25, 0.3) is 0 Å². The molecule has 1 aliphatic rings. The lowest BCUT2D eigenvalue weighted by atomic mass is 10.2. The van der Waals surface area contributed by atoms with Crippen molar-refractivity contribution in [2.75, 3.05) is 42.2 Å². The van der Waals surface area contributed by atoms with Gasteiger partial charge in [-0.3, -0.25) is 9.10 Å². The minimum absolute atomic E-state index is 0.0909. The first kappa shape index (κ1) is 22.7. The molecule has 11 heteroatoms. The van der Waals surface area contributed by atoms with E-state index < -0.39 is 28.4 Å². The first-order valence-electron chi connectivity index (χ1n) is 9.33. The number of carbonyl (C=O) groups is 2. The maximum Gasteiger partial charge on any atom is 0.339 e. The lowest BCUT2D eigenvalue weighted by Crippen LogP contribution is -2.37. The molecule has 0 aromatic heterocycles. The van der Waals surface area contributed by atoms with Gasteiger partial charge in [-0.05, 0) is 37.3 Å². The minimum Gasteiger partial charge on any atom is -0.486 e. The normalized spacial score (nSPS) is 12.7. The fourth-order valence-corrected chi connectivity index (χ4v) is 3.93. The Balaban J connectivity index is 1.80. The number of rotatable bonds is 7. The Morgan fingerprint density at radius 1 is 1.13 bits per heavy atom. The van der Waals surface area contributed by atoms with E-state index in [4.69, 9.17) is 25.8 Å². The monoisotopic (exact) mass is 468 g/mol. The molecule has 0 aliphatic carbocycles. The van der Waals surface area contributed by atoms with Crippen molar-refractivity contribution in [2.24, 2.45) is 0 Å². The van der Waals surface area contributed by atoms with Crippen LogP contribution in [0.4, 0.5) is 11.4 Å². The second-order valence-corrected chi connectivity index (χ2v) is 8.87. The summed E-state index contributed by atoms with van der Waals surface area (Å²) in [7, 11) is -3.79. The number of halogens is 1. The van der Waals surface area contributed by atoms with Crippen LogP contribution >= 0.6 is 11.6 Å². The third-order valence-electron chi connectivity index (χ3n) is 4.25. The standard InChI is InChI=1S/C20H21ClN2O7S/c1-3-28-20(25)15-10-13(4-6-16(15)21)22-19(24)12-23(31(2,26)27)14-5-7-17-18(11-14)30-9-8-29-17/h4-7,10-11H,3,8-9,12H2,1-2H3,(H,22,24). The quantitative estimate of drug-likeness (QED) is 0.622. The van der Waals surface area contributed by atoms with E-state index in [0.717, 1.165) is 10.6 Å². The second kappa shape index (κ2) is 9.44. The number of anilines is 2. The molecule has 1 amide bonds. The van der Waals surface area contributed by atoms with Crippen molar-refractivity contribution in [3.8, 4) is 11.5 Å². The molecule has 0 spiro atoms. The summed E-state index contributed by atoms with van der Waals surface area (Å²) in [5.41, 5.74) is 0.617. The van der Waals surface area contributed by atoms with Gasteiger partial charge in [-0.2, -0.15) is 0 Å². The van der Waals surface area contributed by atoms with Crippen LogP contribution in [-0.2, 0) is 19.6 Å². The topological polar surface area (TPSA) is 111 Å². The molecule has 1 heterocycles. The summed E-state index contributed by atoms with van der Waals surface area (Å²) in [5, 5.41) is 2.75. The van der Waals surface area contributed by atoms with Gasteiger partial charge >= 0.3 is 5.97 Å². The molecular weight excluding hydrogens is 448 g/mol. The maximum absolute atomic E-state index is 12.6. The van der Waals surface area contributed by atoms with Gasteiger partial charge in [-0.15, -0.1) is 0 Å². The zero-order valence-corrected chi connectivity index (χ0v) is 18.5. The fraction of sp³-hybridized carbons (Fsp3) is 0.300. The Labute approximate surface area is 184 Å². The highest BCUT2D eigenvalue weighted by Crippen LogP contribution is 2.34. The summed E-state index contributed by atoms with van der Waals surface area (Å²) >= 11 is 6.02. The van der Waals surface area contributed by atoms with Crippen molar-refractivity contribution in [3.05, 3.63) is 47.0 Å². The third-order valence-corrected chi connectivity index (χ3v) is 5.72. The molecule has 2 aromatic carbocycles. The van der Waals surface area contributed by atoms with Gasteiger partial charge in [-0.25, -0.2) is 13.2 Å². The van der Waals surface area contributed by atoms with Crippen LogP contribution in [0.25, 0.3) is 0 Å². The zero-order chi connectivity index (χ0) is 22.6. The van der Waals surface area contributed by atoms with Gasteiger partial charge < -0.3 is 19.5 Å². The summed E-state index contributed by atoms with van der Waals surface area (Å²) in [4.78, 5) is 24.6. The molecule has 3 rings (SSSR count). The van der Waals surface area contributed by atoms with Crippen LogP contribution in [0, 0.1) is 0 Å². The van der Waals surface area contributed by atoms with Crippen LogP contribution in [0.3, 0.4) is 0 Å². The summed E-state index contributed by atoms with van der Waals surface area (Å²) < 4.78 is 41.5. The summed E-state index contributed by atoms with van der Waals surface area (Å²) in [6.07, 6.45) is 0.998.